The summed E-state index contributed by atoms with van der Waals surface area (Å²) < 4.78 is 5.32. The van der Waals surface area contributed by atoms with Gasteiger partial charge in [-0.15, -0.1) is 0 Å². The van der Waals surface area contributed by atoms with E-state index in [-0.39, 0.29) is 29.7 Å². The Morgan fingerprint density at radius 1 is 0.939 bits per heavy atom. The molecule has 178 valence electrons. The summed E-state index contributed by atoms with van der Waals surface area (Å²) in [6.45, 7) is 3.97. The summed E-state index contributed by atoms with van der Waals surface area (Å²) >= 11 is 0. The minimum Gasteiger partial charge on any atom is -0.497 e. The number of anilines is 1. The summed E-state index contributed by atoms with van der Waals surface area (Å²) in [7, 11) is 1.65. The number of methoxy groups -OCH3 is 1. The molecule has 0 unspecified atom stereocenters. The number of nitrogens with zero attached hydrogens (tertiary/aromatic N) is 3. The van der Waals surface area contributed by atoms with E-state index in [2.05, 4.69) is 5.32 Å². The molecule has 0 aromatic heterocycles. The molecule has 2 saturated carbocycles. The van der Waals surface area contributed by atoms with Gasteiger partial charge in [0.25, 0.3) is 0 Å². The number of piperazine rings is 1. The summed E-state index contributed by atoms with van der Waals surface area (Å²) in [5.74, 6) is 2.07. The van der Waals surface area contributed by atoms with Gasteiger partial charge < -0.3 is 24.8 Å². The van der Waals surface area contributed by atoms with E-state index in [0.29, 0.717) is 45.2 Å². The predicted molar refractivity (Wildman–Crippen MR) is 124 cm³/mol. The van der Waals surface area contributed by atoms with Crippen molar-refractivity contribution in [3.63, 3.8) is 0 Å². The Balaban J connectivity index is 1.09. The fraction of sp³-hybridized carbons (Fsp3) is 0.640. The smallest absolute Gasteiger partial charge is 0.322 e. The van der Waals surface area contributed by atoms with Crippen LogP contribution in [0.3, 0.4) is 0 Å². The molecule has 3 fully saturated rings. The molecule has 1 aromatic carbocycles. The molecule has 0 spiro atoms. The average molecular weight is 455 g/mol. The molecule has 2 heterocycles. The van der Waals surface area contributed by atoms with Gasteiger partial charge in [-0.05, 0) is 68.2 Å². The molecule has 1 aromatic rings. The third-order valence-electron chi connectivity index (χ3n) is 7.71. The van der Waals surface area contributed by atoms with Gasteiger partial charge >= 0.3 is 6.03 Å². The molecule has 0 atom stereocenters. The van der Waals surface area contributed by atoms with Crippen molar-refractivity contribution in [3.8, 4) is 5.75 Å². The van der Waals surface area contributed by atoms with Gasteiger partial charge in [0, 0.05) is 56.8 Å². The third kappa shape index (κ3) is 4.80. The van der Waals surface area contributed by atoms with Crippen LogP contribution in [0.25, 0.3) is 0 Å². The van der Waals surface area contributed by atoms with Crippen LogP contribution in [0.5, 0.6) is 5.75 Å². The molecule has 2 aliphatic heterocycles. The maximum absolute atomic E-state index is 13.1. The fourth-order valence-electron chi connectivity index (χ4n) is 5.47. The number of fused-ring (bicyclic) bond motifs is 1. The Morgan fingerprint density at radius 2 is 1.52 bits per heavy atom. The molecule has 2 aliphatic carbocycles. The van der Waals surface area contributed by atoms with Crippen molar-refractivity contribution in [1.29, 1.82) is 0 Å². The summed E-state index contributed by atoms with van der Waals surface area (Å²) in [6, 6.07) is 5.68. The third-order valence-corrected chi connectivity index (χ3v) is 7.71. The second-order valence-electron chi connectivity index (χ2n) is 9.98. The number of rotatable bonds is 5. The highest BCUT2D eigenvalue weighted by atomic mass is 16.5. The average Bonchev–Trinajstić information content (AvgIpc) is 3.69. The molecule has 8 heteroatoms. The summed E-state index contributed by atoms with van der Waals surface area (Å²) in [5.41, 5.74) is 1.92. The number of hydrogen-bond donors (Lipinski definition) is 1. The first-order chi connectivity index (χ1) is 16.0. The molecular formula is C25H34N4O4. The van der Waals surface area contributed by atoms with E-state index in [9.17, 15) is 14.4 Å². The monoisotopic (exact) mass is 454 g/mol. The first-order valence-corrected chi connectivity index (χ1v) is 12.3. The molecule has 4 amide bonds. The highest BCUT2D eigenvalue weighted by Crippen LogP contribution is 2.34. The first kappa shape index (κ1) is 22.0. The van der Waals surface area contributed by atoms with Crippen molar-refractivity contribution in [2.75, 3.05) is 45.2 Å². The Hall–Kier alpha value is -2.77. The minimum atomic E-state index is -0.0514. The number of carbonyl (C=O) groups is 3. The van der Waals surface area contributed by atoms with Crippen molar-refractivity contribution in [1.82, 2.24) is 14.7 Å². The molecule has 0 bridgehead atoms. The summed E-state index contributed by atoms with van der Waals surface area (Å²) in [4.78, 5) is 43.7. The minimum absolute atomic E-state index is 0.0514. The Bertz CT molecular complexity index is 915. The number of urea groups is 1. The normalized spacial score (nSPS) is 25.4. The highest BCUT2D eigenvalue weighted by molar-refractivity contribution is 5.92. The second-order valence-corrected chi connectivity index (χ2v) is 9.98. The number of amides is 4. The zero-order valence-corrected chi connectivity index (χ0v) is 19.4. The molecule has 1 saturated heterocycles. The zero-order valence-electron chi connectivity index (χ0n) is 19.4. The quantitative estimate of drug-likeness (QED) is 0.742. The van der Waals surface area contributed by atoms with E-state index in [1.165, 1.54) is 0 Å². The van der Waals surface area contributed by atoms with Gasteiger partial charge in [0.1, 0.15) is 5.75 Å². The first-order valence-electron chi connectivity index (χ1n) is 12.3. The van der Waals surface area contributed by atoms with Gasteiger partial charge in [0.2, 0.25) is 11.8 Å². The van der Waals surface area contributed by atoms with Crippen LogP contribution in [-0.4, -0.2) is 72.4 Å². The molecule has 5 rings (SSSR count). The molecule has 4 aliphatic rings. The number of benzene rings is 1. The van der Waals surface area contributed by atoms with E-state index in [0.717, 1.165) is 55.5 Å². The molecular weight excluding hydrogens is 420 g/mol. The van der Waals surface area contributed by atoms with E-state index in [1.807, 2.05) is 32.9 Å². The van der Waals surface area contributed by atoms with Gasteiger partial charge in [-0.25, -0.2) is 4.79 Å². The lowest BCUT2D eigenvalue weighted by atomic mass is 9.81. The standard InChI is InChI=1S/C25H34N4O4/c1-33-21-8-9-22-20(14-21)16-29(25(32)26-22)15-17-2-4-18(5-3-17)23(30)27-10-12-28(13-11-27)24(31)19-6-7-19/h8-9,14,17-19H,2-7,10-13,15-16H2,1H3,(H,26,32). The van der Waals surface area contributed by atoms with Crippen LogP contribution < -0.4 is 10.1 Å². The Labute approximate surface area is 195 Å². The fourth-order valence-corrected chi connectivity index (χ4v) is 5.47. The molecule has 33 heavy (non-hydrogen) atoms. The SMILES string of the molecule is COc1ccc2c(c1)CN(CC1CCC(C(=O)N3CCN(C(=O)C4CC4)CC3)CC1)C(=O)N2. The maximum atomic E-state index is 13.1. The van der Waals surface area contributed by atoms with Crippen LogP contribution in [-0.2, 0) is 16.1 Å². The van der Waals surface area contributed by atoms with Crippen LogP contribution in [0, 0.1) is 17.8 Å². The van der Waals surface area contributed by atoms with Gasteiger partial charge in [-0.2, -0.15) is 0 Å². The molecule has 0 radical (unpaired) electrons. The van der Waals surface area contributed by atoms with E-state index < -0.39 is 0 Å². The van der Waals surface area contributed by atoms with Crippen LogP contribution in [0.1, 0.15) is 44.1 Å². The molecule has 8 nitrogen and oxygen atoms in total. The van der Waals surface area contributed by atoms with Gasteiger partial charge in [-0.1, -0.05) is 0 Å². The topological polar surface area (TPSA) is 82.2 Å². The van der Waals surface area contributed by atoms with Crippen LogP contribution in [0.2, 0.25) is 0 Å². The Morgan fingerprint density at radius 3 is 2.06 bits per heavy atom. The lowest BCUT2D eigenvalue weighted by molar-refractivity contribution is -0.143. The largest absolute Gasteiger partial charge is 0.497 e. The van der Waals surface area contributed by atoms with E-state index >= 15 is 0 Å². The number of nitrogens with one attached hydrogen (secondary N) is 1. The summed E-state index contributed by atoms with van der Waals surface area (Å²) in [5, 5.41) is 2.99. The van der Waals surface area contributed by atoms with E-state index in [4.69, 9.17) is 4.74 Å². The molecule has 1 N–H and O–H groups in total. The second kappa shape index (κ2) is 9.23. The van der Waals surface area contributed by atoms with Crippen molar-refractivity contribution >= 4 is 23.5 Å². The van der Waals surface area contributed by atoms with Gasteiger partial charge in [0.05, 0.1) is 7.11 Å². The maximum Gasteiger partial charge on any atom is 0.322 e. The van der Waals surface area contributed by atoms with Crippen molar-refractivity contribution < 1.29 is 19.1 Å². The van der Waals surface area contributed by atoms with Crippen molar-refractivity contribution in [3.05, 3.63) is 23.8 Å². The number of ether oxygens (including phenoxy) is 1. The van der Waals surface area contributed by atoms with Gasteiger partial charge in [-0.3, -0.25) is 9.59 Å². The predicted octanol–water partition coefficient (Wildman–Crippen LogP) is 2.93. The van der Waals surface area contributed by atoms with Crippen LogP contribution >= 0.6 is 0 Å². The van der Waals surface area contributed by atoms with Crippen molar-refractivity contribution in [2.45, 2.75) is 45.1 Å². The lowest BCUT2D eigenvalue weighted by Gasteiger charge is -2.39. The highest BCUT2D eigenvalue weighted by Gasteiger charge is 2.37. The summed E-state index contributed by atoms with van der Waals surface area (Å²) in [6.07, 6.45) is 5.74. The number of carbonyl (C=O) groups excluding carboxylic acids is 3. The van der Waals surface area contributed by atoms with Crippen molar-refractivity contribution in [2.24, 2.45) is 17.8 Å². The van der Waals surface area contributed by atoms with E-state index in [1.54, 1.807) is 7.11 Å². The van der Waals surface area contributed by atoms with Crippen LogP contribution in [0.15, 0.2) is 18.2 Å². The Kier molecular flexibility index (Phi) is 6.17. The van der Waals surface area contributed by atoms with Crippen LogP contribution in [0.4, 0.5) is 10.5 Å². The van der Waals surface area contributed by atoms with Gasteiger partial charge in [0.15, 0.2) is 0 Å². The lowest BCUT2D eigenvalue weighted by Crippen LogP contribution is -2.52. The zero-order chi connectivity index (χ0) is 22.9. The number of hydrogen-bond acceptors (Lipinski definition) is 4.